The highest BCUT2D eigenvalue weighted by atomic mass is 14.9. The summed E-state index contributed by atoms with van der Waals surface area (Å²) >= 11 is 0. The van der Waals surface area contributed by atoms with Crippen molar-refractivity contribution in [2.75, 3.05) is 0 Å². The predicted molar refractivity (Wildman–Crippen MR) is 111 cm³/mol. The third kappa shape index (κ3) is 3.03. The molecule has 0 saturated carbocycles. The molecule has 0 aliphatic heterocycles. The van der Waals surface area contributed by atoms with Gasteiger partial charge in [0.05, 0.1) is 0 Å². The van der Waals surface area contributed by atoms with Gasteiger partial charge in [0.15, 0.2) is 11.7 Å². The smallest absolute Gasteiger partial charge is 0.161 e. The van der Waals surface area contributed by atoms with Crippen molar-refractivity contribution in [2.45, 2.75) is 0 Å². The molecule has 1 N–H and O–H groups in total. The summed E-state index contributed by atoms with van der Waals surface area (Å²) < 4.78 is 0. The van der Waals surface area contributed by atoms with Crippen LogP contribution in [0.5, 0.6) is 0 Å². The number of amidine groups is 2. The Hall–Kier alpha value is -3.59. The van der Waals surface area contributed by atoms with Crippen molar-refractivity contribution >= 4 is 39.9 Å². The third-order valence-electron chi connectivity index (χ3n) is 4.40. The average molecular weight is 335 g/mol. The van der Waals surface area contributed by atoms with E-state index in [1.807, 2.05) is 72.8 Å². The van der Waals surface area contributed by atoms with Crippen LogP contribution < -0.4 is 0 Å². The van der Waals surface area contributed by atoms with Crippen LogP contribution in [-0.2, 0) is 0 Å². The van der Waals surface area contributed by atoms with Crippen LogP contribution in [0.15, 0.2) is 94.9 Å². The van der Waals surface area contributed by atoms with Gasteiger partial charge >= 0.3 is 0 Å². The molecule has 3 nitrogen and oxygen atoms in total. The summed E-state index contributed by atoms with van der Waals surface area (Å²) in [6.45, 7) is 3.64. The van der Waals surface area contributed by atoms with E-state index >= 15 is 0 Å². The lowest BCUT2D eigenvalue weighted by molar-refractivity contribution is 1.40. The second-order valence-electron chi connectivity index (χ2n) is 6.07. The first-order chi connectivity index (χ1) is 12.7. The number of rotatable bonds is 2. The van der Waals surface area contributed by atoms with Crippen molar-refractivity contribution in [3.05, 3.63) is 96.1 Å². The molecule has 0 saturated heterocycles. The van der Waals surface area contributed by atoms with Crippen LogP contribution in [-0.4, -0.2) is 18.4 Å². The van der Waals surface area contributed by atoms with Gasteiger partial charge < -0.3 is 0 Å². The van der Waals surface area contributed by atoms with Gasteiger partial charge in [-0.2, -0.15) is 0 Å². The van der Waals surface area contributed by atoms with Gasteiger partial charge in [-0.1, -0.05) is 72.8 Å². The van der Waals surface area contributed by atoms with E-state index < -0.39 is 0 Å². The molecule has 0 fully saturated rings. The van der Waals surface area contributed by atoms with Gasteiger partial charge in [0, 0.05) is 11.1 Å². The average Bonchev–Trinajstić information content (AvgIpc) is 2.71. The minimum Gasteiger partial charge on any atom is -0.282 e. The first-order valence-electron chi connectivity index (χ1n) is 8.37. The Balaban J connectivity index is 1.72. The molecule has 4 aromatic rings. The van der Waals surface area contributed by atoms with Gasteiger partial charge in [0.1, 0.15) is 0 Å². The van der Waals surface area contributed by atoms with E-state index in [1.54, 1.807) is 0 Å². The molecular weight excluding hydrogens is 318 g/mol. The standard InChI is InChI=1S/C23H17N3/c1-25-23(21-13-11-17-7-3-5-9-19(17)15-21)26-22(24)20-12-10-16-6-2-4-8-18(16)14-20/h2-15,24H,1H2. The summed E-state index contributed by atoms with van der Waals surface area (Å²) in [6.07, 6.45) is 0. The normalized spacial score (nSPS) is 11.6. The number of hydrogen-bond donors (Lipinski definition) is 1. The molecule has 4 aromatic carbocycles. The van der Waals surface area contributed by atoms with Crippen LogP contribution in [0.3, 0.4) is 0 Å². The summed E-state index contributed by atoms with van der Waals surface area (Å²) in [4.78, 5) is 8.47. The minimum atomic E-state index is 0.173. The molecule has 3 heteroatoms. The van der Waals surface area contributed by atoms with Crippen LogP contribution in [0.1, 0.15) is 11.1 Å². The summed E-state index contributed by atoms with van der Waals surface area (Å²) in [5.74, 6) is 0.625. The molecule has 0 aliphatic carbocycles. The first kappa shape index (κ1) is 15.9. The molecule has 0 bridgehead atoms. The Bertz CT molecular complexity index is 1170. The van der Waals surface area contributed by atoms with E-state index in [0.717, 1.165) is 32.7 Å². The van der Waals surface area contributed by atoms with Crippen LogP contribution in [0.4, 0.5) is 0 Å². The SMILES string of the molecule is C=NC(=NC(=N)c1ccc2ccccc2c1)c1ccc2ccccc2c1. The molecule has 0 atom stereocenters. The molecule has 0 amide bonds. The topological polar surface area (TPSA) is 48.6 Å². The summed E-state index contributed by atoms with van der Waals surface area (Å²) in [5, 5.41) is 12.9. The number of benzene rings is 4. The predicted octanol–water partition coefficient (Wildman–Crippen LogP) is 5.47. The van der Waals surface area contributed by atoms with Crippen molar-refractivity contribution in [1.29, 1.82) is 5.41 Å². The molecule has 26 heavy (non-hydrogen) atoms. The fourth-order valence-electron chi connectivity index (χ4n) is 3.03. The van der Waals surface area contributed by atoms with Crippen LogP contribution in [0.25, 0.3) is 21.5 Å². The highest BCUT2D eigenvalue weighted by Gasteiger charge is 2.07. The maximum absolute atomic E-state index is 8.38. The number of aliphatic imine (C=N–C) groups is 2. The number of hydrogen-bond acceptors (Lipinski definition) is 1. The van der Waals surface area contributed by atoms with E-state index in [4.69, 9.17) is 5.41 Å². The van der Waals surface area contributed by atoms with Crippen molar-refractivity contribution < 1.29 is 0 Å². The van der Waals surface area contributed by atoms with Crippen LogP contribution >= 0.6 is 0 Å². The lowest BCUT2D eigenvalue weighted by Gasteiger charge is -2.06. The Morgan fingerprint density at radius 1 is 0.654 bits per heavy atom. The summed E-state index contributed by atoms with van der Waals surface area (Å²) in [5.41, 5.74) is 1.61. The van der Waals surface area contributed by atoms with Gasteiger partial charge in [0.2, 0.25) is 0 Å². The molecule has 0 spiro atoms. The summed E-state index contributed by atoms with van der Waals surface area (Å²) in [7, 11) is 0. The lowest BCUT2D eigenvalue weighted by atomic mass is 10.1. The number of nitrogens with one attached hydrogen (secondary N) is 1. The monoisotopic (exact) mass is 335 g/mol. The van der Waals surface area contributed by atoms with Crippen molar-refractivity contribution in [1.82, 2.24) is 0 Å². The van der Waals surface area contributed by atoms with Gasteiger partial charge in [-0.05, 0) is 40.4 Å². The van der Waals surface area contributed by atoms with E-state index in [1.165, 1.54) is 0 Å². The molecule has 0 aromatic heterocycles. The molecule has 0 aliphatic rings. The Morgan fingerprint density at radius 3 is 1.73 bits per heavy atom. The fraction of sp³-hybridized carbons (Fsp3) is 0. The Morgan fingerprint density at radius 2 is 1.15 bits per heavy atom. The maximum atomic E-state index is 8.38. The number of fused-ring (bicyclic) bond motifs is 2. The van der Waals surface area contributed by atoms with Gasteiger partial charge in [0.25, 0.3) is 0 Å². The molecule has 4 rings (SSSR count). The fourth-order valence-corrected chi connectivity index (χ4v) is 3.03. The summed E-state index contributed by atoms with van der Waals surface area (Å²) in [6, 6.07) is 28.1. The van der Waals surface area contributed by atoms with Crippen LogP contribution in [0.2, 0.25) is 0 Å². The van der Waals surface area contributed by atoms with Crippen molar-refractivity contribution in [3.8, 4) is 0 Å². The van der Waals surface area contributed by atoms with E-state index in [2.05, 4.69) is 28.8 Å². The first-order valence-corrected chi connectivity index (χ1v) is 8.37. The highest BCUT2D eigenvalue weighted by molar-refractivity contribution is 6.13. The zero-order valence-electron chi connectivity index (χ0n) is 14.2. The molecule has 0 heterocycles. The number of nitrogens with zero attached hydrogens (tertiary/aromatic N) is 2. The zero-order chi connectivity index (χ0) is 17.9. The van der Waals surface area contributed by atoms with E-state index in [0.29, 0.717) is 5.84 Å². The largest absolute Gasteiger partial charge is 0.282 e. The zero-order valence-corrected chi connectivity index (χ0v) is 14.2. The molecule has 0 unspecified atom stereocenters. The maximum Gasteiger partial charge on any atom is 0.161 e. The van der Waals surface area contributed by atoms with Crippen LogP contribution in [0, 0.1) is 5.41 Å². The molecular formula is C23H17N3. The highest BCUT2D eigenvalue weighted by Crippen LogP contribution is 2.19. The second-order valence-corrected chi connectivity index (χ2v) is 6.07. The quantitative estimate of drug-likeness (QED) is 0.373. The van der Waals surface area contributed by atoms with Crippen molar-refractivity contribution in [3.63, 3.8) is 0 Å². The Labute approximate surface area is 151 Å². The lowest BCUT2D eigenvalue weighted by Crippen LogP contribution is -2.03. The third-order valence-corrected chi connectivity index (χ3v) is 4.40. The van der Waals surface area contributed by atoms with Gasteiger partial charge in [-0.25, -0.2) is 9.98 Å². The van der Waals surface area contributed by atoms with E-state index in [-0.39, 0.29) is 5.84 Å². The van der Waals surface area contributed by atoms with E-state index in [9.17, 15) is 0 Å². The second kappa shape index (κ2) is 6.73. The molecule has 124 valence electrons. The van der Waals surface area contributed by atoms with Gasteiger partial charge in [-0.3, -0.25) is 5.41 Å². The minimum absolute atomic E-state index is 0.173. The Kier molecular flexibility index (Phi) is 4.12. The van der Waals surface area contributed by atoms with Crippen molar-refractivity contribution in [2.24, 2.45) is 9.98 Å². The van der Waals surface area contributed by atoms with Gasteiger partial charge in [-0.15, -0.1) is 0 Å². The molecule has 0 radical (unpaired) electrons.